The Balaban J connectivity index is 1.79. The van der Waals surface area contributed by atoms with Gasteiger partial charge in [-0.2, -0.15) is 0 Å². The van der Waals surface area contributed by atoms with Crippen molar-refractivity contribution in [2.75, 3.05) is 13.6 Å². The lowest BCUT2D eigenvalue weighted by atomic mass is 9.86. The minimum atomic E-state index is -0.472. The van der Waals surface area contributed by atoms with Crippen LogP contribution in [0.5, 0.6) is 0 Å². The standard InChI is InChI=1S/C21H18BrN3O2/c1-24-11-18(26)25-17(21(24)27)10-14-12-6-3-5-9-16(12)23-19(14)20(25)13-7-2-4-8-15(13)22/h2-9,17,20,23H,10-11H2,1H3/t17-,20+/m1/s1. The molecule has 1 saturated heterocycles. The summed E-state index contributed by atoms with van der Waals surface area (Å²) in [6.07, 6.45) is 0.537. The molecule has 2 aliphatic heterocycles. The van der Waals surface area contributed by atoms with Gasteiger partial charge >= 0.3 is 0 Å². The molecule has 0 radical (unpaired) electrons. The van der Waals surface area contributed by atoms with Crippen molar-refractivity contribution in [1.29, 1.82) is 0 Å². The van der Waals surface area contributed by atoms with Crippen LogP contribution in [-0.2, 0) is 16.0 Å². The Bertz CT molecular complexity index is 1090. The van der Waals surface area contributed by atoms with Crippen molar-refractivity contribution in [3.8, 4) is 0 Å². The van der Waals surface area contributed by atoms with Gasteiger partial charge < -0.3 is 14.8 Å². The number of H-pyrrole nitrogens is 1. The van der Waals surface area contributed by atoms with Crippen LogP contribution in [0.4, 0.5) is 0 Å². The molecule has 5 rings (SSSR count). The summed E-state index contributed by atoms with van der Waals surface area (Å²) in [6.45, 7) is 0.117. The van der Waals surface area contributed by atoms with Crippen LogP contribution in [0.25, 0.3) is 10.9 Å². The van der Waals surface area contributed by atoms with E-state index in [-0.39, 0.29) is 24.4 Å². The average molecular weight is 424 g/mol. The van der Waals surface area contributed by atoms with Gasteiger partial charge in [0.05, 0.1) is 12.6 Å². The molecule has 136 valence electrons. The number of piperazine rings is 1. The molecule has 2 amide bonds. The number of carbonyl (C=O) groups is 2. The van der Waals surface area contributed by atoms with Gasteiger partial charge in [-0.05, 0) is 23.3 Å². The predicted molar refractivity (Wildman–Crippen MR) is 106 cm³/mol. The van der Waals surface area contributed by atoms with Crippen LogP contribution in [0.15, 0.2) is 53.0 Å². The molecule has 0 spiro atoms. The number of likely N-dealkylation sites (N-methyl/N-ethyl adjacent to an activating group) is 1. The second-order valence-corrected chi connectivity index (χ2v) is 8.06. The van der Waals surface area contributed by atoms with Gasteiger partial charge in [-0.25, -0.2) is 0 Å². The molecule has 0 bridgehead atoms. The maximum atomic E-state index is 13.0. The van der Waals surface area contributed by atoms with Crippen molar-refractivity contribution in [1.82, 2.24) is 14.8 Å². The number of halogens is 1. The van der Waals surface area contributed by atoms with Crippen molar-refractivity contribution < 1.29 is 9.59 Å². The first-order chi connectivity index (χ1) is 13.1. The van der Waals surface area contributed by atoms with E-state index in [9.17, 15) is 9.59 Å². The molecule has 2 atom stereocenters. The van der Waals surface area contributed by atoms with Crippen LogP contribution in [0.1, 0.15) is 22.9 Å². The number of aromatic amines is 1. The topological polar surface area (TPSA) is 56.4 Å². The smallest absolute Gasteiger partial charge is 0.245 e. The van der Waals surface area contributed by atoms with Crippen LogP contribution in [0.3, 0.4) is 0 Å². The fraction of sp³-hybridized carbons (Fsp3) is 0.238. The summed E-state index contributed by atoms with van der Waals surface area (Å²) in [6, 6.07) is 15.3. The highest BCUT2D eigenvalue weighted by Gasteiger charge is 2.47. The first-order valence-electron chi connectivity index (χ1n) is 8.96. The molecule has 1 aromatic heterocycles. The second-order valence-electron chi connectivity index (χ2n) is 7.20. The lowest BCUT2D eigenvalue weighted by Crippen LogP contribution is -2.62. The number of rotatable bonds is 1. The van der Waals surface area contributed by atoms with Crippen molar-refractivity contribution in [2.24, 2.45) is 0 Å². The quantitative estimate of drug-likeness (QED) is 0.652. The summed E-state index contributed by atoms with van der Waals surface area (Å²) in [5.74, 6) is -0.0188. The molecule has 5 nitrogen and oxygen atoms in total. The largest absolute Gasteiger partial charge is 0.356 e. The normalized spacial score (nSPS) is 22.1. The van der Waals surface area contributed by atoms with E-state index in [1.165, 1.54) is 0 Å². The minimum Gasteiger partial charge on any atom is -0.356 e. The molecule has 1 N–H and O–H groups in total. The molecule has 3 heterocycles. The Morgan fingerprint density at radius 2 is 1.81 bits per heavy atom. The van der Waals surface area contributed by atoms with Crippen LogP contribution < -0.4 is 0 Å². The molecule has 27 heavy (non-hydrogen) atoms. The molecule has 1 fully saturated rings. The van der Waals surface area contributed by atoms with E-state index in [1.807, 2.05) is 42.5 Å². The highest BCUT2D eigenvalue weighted by atomic mass is 79.9. The van der Waals surface area contributed by atoms with Gasteiger partial charge in [-0.1, -0.05) is 52.3 Å². The number of carbonyl (C=O) groups excluding carboxylic acids is 2. The molecule has 2 aromatic carbocycles. The molecule has 0 unspecified atom stereocenters. The van der Waals surface area contributed by atoms with Crippen LogP contribution >= 0.6 is 15.9 Å². The number of amides is 2. The van der Waals surface area contributed by atoms with Crippen molar-refractivity contribution in [2.45, 2.75) is 18.5 Å². The van der Waals surface area contributed by atoms with Gasteiger partial charge in [0.1, 0.15) is 6.04 Å². The first-order valence-corrected chi connectivity index (χ1v) is 9.75. The van der Waals surface area contributed by atoms with E-state index in [1.54, 1.807) is 16.8 Å². The Kier molecular flexibility index (Phi) is 3.65. The minimum absolute atomic E-state index is 0.00239. The maximum absolute atomic E-state index is 13.0. The van der Waals surface area contributed by atoms with Gasteiger partial charge in [0.2, 0.25) is 11.8 Å². The van der Waals surface area contributed by atoms with E-state index in [2.05, 4.69) is 27.0 Å². The number of nitrogens with zero attached hydrogens (tertiary/aromatic N) is 2. The third kappa shape index (κ3) is 2.36. The molecular formula is C21H18BrN3O2. The maximum Gasteiger partial charge on any atom is 0.245 e. The number of hydrogen-bond donors (Lipinski definition) is 1. The SMILES string of the molecule is CN1CC(=O)N2[C@@H](c3ccccc3Br)c3[nH]c4ccccc4c3C[C@@H]2C1=O. The highest BCUT2D eigenvalue weighted by molar-refractivity contribution is 9.10. The molecule has 0 saturated carbocycles. The monoisotopic (exact) mass is 423 g/mol. The number of benzene rings is 2. The zero-order valence-electron chi connectivity index (χ0n) is 14.8. The van der Waals surface area contributed by atoms with Crippen molar-refractivity contribution >= 4 is 38.6 Å². The zero-order chi connectivity index (χ0) is 18.7. The van der Waals surface area contributed by atoms with Crippen molar-refractivity contribution in [3.63, 3.8) is 0 Å². The molecule has 6 heteroatoms. The second kappa shape index (κ2) is 5.96. The summed E-state index contributed by atoms with van der Waals surface area (Å²) < 4.78 is 0.930. The molecule has 2 aliphatic rings. The molecule has 0 aliphatic carbocycles. The van der Waals surface area contributed by atoms with Crippen LogP contribution in [-0.4, -0.2) is 46.2 Å². The number of aromatic nitrogens is 1. The predicted octanol–water partition coefficient (Wildman–Crippen LogP) is 3.25. The number of fused-ring (bicyclic) bond motifs is 4. The van der Waals surface area contributed by atoms with Crippen LogP contribution in [0, 0.1) is 0 Å². The highest BCUT2D eigenvalue weighted by Crippen LogP contribution is 2.43. The summed E-state index contributed by atoms with van der Waals surface area (Å²) >= 11 is 3.64. The van der Waals surface area contributed by atoms with Gasteiger partial charge in [0, 0.05) is 34.5 Å². The number of para-hydroxylation sites is 1. The summed E-state index contributed by atoms with van der Waals surface area (Å²) in [4.78, 5) is 32.8. The van der Waals surface area contributed by atoms with Gasteiger partial charge in [0.15, 0.2) is 0 Å². The Morgan fingerprint density at radius 1 is 1.07 bits per heavy atom. The van der Waals surface area contributed by atoms with Crippen molar-refractivity contribution in [3.05, 3.63) is 69.8 Å². The number of hydrogen-bond acceptors (Lipinski definition) is 2. The zero-order valence-corrected chi connectivity index (χ0v) is 16.4. The fourth-order valence-electron chi connectivity index (χ4n) is 4.43. The van der Waals surface area contributed by atoms with Gasteiger partial charge in [-0.15, -0.1) is 0 Å². The molecule has 3 aromatic rings. The third-order valence-electron chi connectivity index (χ3n) is 5.65. The Hall–Kier alpha value is -2.60. The lowest BCUT2D eigenvalue weighted by Gasteiger charge is -2.46. The van der Waals surface area contributed by atoms with E-state index in [0.29, 0.717) is 6.42 Å². The number of nitrogens with one attached hydrogen (secondary N) is 1. The lowest BCUT2D eigenvalue weighted by molar-refractivity contribution is -0.157. The average Bonchev–Trinajstić information content (AvgIpc) is 3.04. The third-order valence-corrected chi connectivity index (χ3v) is 6.38. The van der Waals surface area contributed by atoms with Crippen LogP contribution in [0.2, 0.25) is 0 Å². The Labute approximate surface area is 165 Å². The van der Waals surface area contributed by atoms with E-state index >= 15 is 0 Å². The molecular weight excluding hydrogens is 406 g/mol. The van der Waals surface area contributed by atoms with E-state index in [0.717, 1.165) is 32.2 Å². The summed E-state index contributed by atoms with van der Waals surface area (Å²) in [5.41, 5.74) is 4.16. The fourth-order valence-corrected chi connectivity index (χ4v) is 4.93. The summed E-state index contributed by atoms with van der Waals surface area (Å²) in [5, 5.41) is 1.12. The summed E-state index contributed by atoms with van der Waals surface area (Å²) in [7, 11) is 1.70. The van der Waals surface area contributed by atoms with Gasteiger partial charge in [-0.3, -0.25) is 9.59 Å². The first kappa shape index (κ1) is 16.6. The Morgan fingerprint density at radius 3 is 2.63 bits per heavy atom. The van der Waals surface area contributed by atoms with E-state index < -0.39 is 6.04 Å². The van der Waals surface area contributed by atoms with Gasteiger partial charge in [0.25, 0.3) is 0 Å². The van der Waals surface area contributed by atoms with E-state index in [4.69, 9.17) is 0 Å².